The first kappa shape index (κ1) is 15.5. The van der Waals surface area contributed by atoms with Gasteiger partial charge >= 0.3 is 0 Å². The van der Waals surface area contributed by atoms with E-state index in [1.165, 1.54) is 0 Å². The van der Waals surface area contributed by atoms with Gasteiger partial charge < -0.3 is 15.4 Å². The van der Waals surface area contributed by atoms with Gasteiger partial charge in [0.2, 0.25) is 5.91 Å². The molecule has 0 aliphatic carbocycles. The Labute approximate surface area is 128 Å². The highest BCUT2D eigenvalue weighted by atomic mass is 16.5. The summed E-state index contributed by atoms with van der Waals surface area (Å²) < 4.78 is 5.02. The Morgan fingerprint density at radius 1 is 1.14 bits per heavy atom. The van der Waals surface area contributed by atoms with Gasteiger partial charge in [-0.2, -0.15) is 0 Å². The number of rotatable bonds is 5. The Morgan fingerprint density at radius 3 is 2.45 bits per heavy atom. The Hall–Kier alpha value is -2.89. The molecule has 22 heavy (non-hydrogen) atoms. The monoisotopic (exact) mass is 299 g/mol. The minimum Gasteiger partial charge on any atom is -0.497 e. The maximum atomic E-state index is 11.9. The number of aromatic nitrogens is 1. The van der Waals surface area contributed by atoms with Gasteiger partial charge in [0.15, 0.2) is 0 Å². The number of ether oxygens (including phenoxy) is 1. The van der Waals surface area contributed by atoms with E-state index < -0.39 is 0 Å². The maximum absolute atomic E-state index is 11.9. The first-order valence-corrected chi connectivity index (χ1v) is 6.73. The van der Waals surface area contributed by atoms with Gasteiger partial charge in [0, 0.05) is 11.8 Å². The van der Waals surface area contributed by atoms with Crippen molar-refractivity contribution in [1.29, 1.82) is 0 Å². The second kappa shape index (κ2) is 7.21. The molecule has 2 aromatic rings. The molecule has 6 nitrogen and oxygen atoms in total. The summed E-state index contributed by atoms with van der Waals surface area (Å²) in [5.41, 5.74) is 1.47. The summed E-state index contributed by atoms with van der Waals surface area (Å²) in [6.45, 7) is 1.79. The van der Waals surface area contributed by atoms with Crippen LogP contribution < -0.4 is 15.4 Å². The molecule has 0 unspecified atom stereocenters. The van der Waals surface area contributed by atoms with Gasteiger partial charge in [-0.05, 0) is 42.8 Å². The lowest BCUT2D eigenvalue weighted by atomic mass is 10.2. The summed E-state index contributed by atoms with van der Waals surface area (Å²) in [6, 6.07) is 10.2. The number of hydrogen-bond acceptors (Lipinski definition) is 4. The minimum absolute atomic E-state index is 0.125. The zero-order chi connectivity index (χ0) is 15.9. The summed E-state index contributed by atoms with van der Waals surface area (Å²) in [5.74, 6) is 0.460. The van der Waals surface area contributed by atoms with Gasteiger partial charge in [0.05, 0.1) is 13.7 Å². The third-order valence-corrected chi connectivity index (χ3v) is 2.94. The molecule has 2 amide bonds. The molecule has 1 aromatic heterocycles. The van der Waals surface area contributed by atoms with Crippen molar-refractivity contribution in [1.82, 2.24) is 10.3 Å². The number of carbonyl (C=O) groups excluding carboxylic acids is 2. The van der Waals surface area contributed by atoms with Gasteiger partial charge in [0.25, 0.3) is 5.91 Å². The quantitative estimate of drug-likeness (QED) is 0.881. The van der Waals surface area contributed by atoms with Crippen LogP contribution in [0.4, 0.5) is 5.82 Å². The molecule has 0 spiro atoms. The largest absolute Gasteiger partial charge is 0.497 e. The molecule has 0 bridgehead atoms. The van der Waals surface area contributed by atoms with E-state index in [9.17, 15) is 9.59 Å². The van der Waals surface area contributed by atoms with Crippen molar-refractivity contribution in [2.75, 3.05) is 19.0 Å². The Bertz CT molecular complexity index is 651. The van der Waals surface area contributed by atoms with Crippen molar-refractivity contribution >= 4 is 17.6 Å². The predicted molar refractivity (Wildman–Crippen MR) is 82.9 cm³/mol. The lowest BCUT2D eigenvalue weighted by molar-refractivity contribution is -0.115. The van der Waals surface area contributed by atoms with Gasteiger partial charge in [-0.15, -0.1) is 0 Å². The molecule has 0 aliphatic rings. The summed E-state index contributed by atoms with van der Waals surface area (Å²) in [7, 11) is 1.55. The molecular formula is C16H17N3O3. The number of anilines is 1. The predicted octanol–water partition coefficient (Wildman–Crippen LogP) is 1.77. The first-order chi connectivity index (χ1) is 10.6. The zero-order valence-corrected chi connectivity index (χ0v) is 12.4. The summed E-state index contributed by atoms with van der Waals surface area (Å²) in [6.07, 6.45) is 1.66. The molecule has 0 saturated carbocycles. The van der Waals surface area contributed by atoms with E-state index in [-0.39, 0.29) is 18.4 Å². The molecule has 0 fully saturated rings. The van der Waals surface area contributed by atoms with Crippen LogP contribution in [0.15, 0.2) is 42.6 Å². The number of amides is 2. The first-order valence-electron chi connectivity index (χ1n) is 6.73. The van der Waals surface area contributed by atoms with Crippen molar-refractivity contribution in [2.24, 2.45) is 0 Å². The van der Waals surface area contributed by atoms with Crippen LogP contribution in [0.2, 0.25) is 0 Å². The van der Waals surface area contributed by atoms with E-state index in [0.29, 0.717) is 17.1 Å². The fourth-order valence-corrected chi connectivity index (χ4v) is 1.73. The molecule has 0 saturated heterocycles. The molecule has 114 valence electrons. The molecule has 1 heterocycles. The number of benzene rings is 1. The van der Waals surface area contributed by atoms with Crippen LogP contribution in [0.1, 0.15) is 15.9 Å². The third kappa shape index (κ3) is 4.31. The van der Waals surface area contributed by atoms with E-state index in [1.54, 1.807) is 43.6 Å². The standard InChI is InChI=1S/C16H17N3O3/c1-11-3-8-14(17-9-11)19-15(20)10-18-16(21)12-4-6-13(22-2)7-5-12/h3-9H,10H2,1-2H3,(H,18,21)(H,17,19,20). The van der Waals surface area contributed by atoms with Crippen LogP contribution in [0.3, 0.4) is 0 Å². The van der Waals surface area contributed by atoms with Gasteiger partial charge in [0.1, 0.15) is 11.6 Å². The second-order valence-electron chi connectivity index (χ2n) is 4.68. The zero-order valence-electron chi connectivity index (χ0n) is 12.4. The van der Waals surface area contributed by atoms with E-state index >= 15 is 0 Å². The lowest BCUT2D eigenvalue weighted by Crippen LogP contribution is -2.33. The number of nitrogens with zero attached hydrogens (tertiary/aromatic N) is 1. The van der Waals surface area contributed by atoms with Crippen LogP contribution in [-0.4, -0.2) is 30.5 Å². The highest BCUT2D eigenvalue weighted by molar-refractivity contribution is 5.99. The van der Waals surface area contributed by atoms with Crippen LogP contribution in [0.5, 0.6) is 5.75 Å². The van der Waals surface area contributed by atoms with Crippen molar-refractivity contribution in [3.05, 3.63) is 53.7 Å². The SMILES string of the molecule is COc1ccc(C(=O)NCC(=O)Nc2ccc(C)cn2)cc1. The molecule has 2 rings (SSSR count). The molecule has 2 N–H and O–H groups in total. The summed E-state index contributed by atoms with van der Waals surface area (Å²) >= 11 is 0. The van der Waals surface area contributed by atoms with Crippen molar-refractivity contribution in [2.45, 2.75) is 6.92 Å². The van der Waals surface area contributed by atoms with E-state index in [4.69, 9.17) is 4.74 Å². The van der Waals surface area contributed by atoms with Gasteiger partial charge in [-0.1, -0.05) is 6.07 Å². The number of nitrogens with one attached hydrogen (secondary N) is 2. The van der Waals surface area contributed by atoms with Crippen LogP contribution in [0, 0.1) is 6.92 Å². The molecule has 6 heteroatoms. The average molecular weight is 299 g/mol. The minimum atomic E-state index is -0.335. The molecular weight excluding hydrogens is 282 g/mol. The highest BCUT2D eigenvalue weighted by Gasteiger charge is 2.08. The fraction of sp³-hybridized carbons (Fsp3) is 0.188. The van der Waals surface area contributed by atoms with Crippen molar-refractivity contribution < 1.29 is 14.3 Å². The number of hydrogen-bond donors (Lipinski definition) is 2. The van der Waals surface area contributed by atoms with Gasteiger partial charge in [-0.3, -0.25) is 9.59 Å². The number of pyridine rings is 1. The normalized spacial score (nSPS) is 9.91. The lowest BCUT2D eigenvalue weighted by Gasteiger charge is -2.07. The van der Waals surface area contributed by atoms with E-state index in [1.807, 2.05) is 13.0 Å². The van der Waals surface area contributed by atoms with Crippen LogP contribution in [0.25, 0.3) is 0 Å². The average Bonchev–Trinajstić information content (AvgIpc) is 2.55. The van der Waals surface area contributed by atoms with Crippen LogP contribution in [-0.2, 0) is 4.79 Å². The highest BCUT2D eigenvalue weighted by Crippen LogP contribution is 2.11. The van der Waals surface area contributed by atoms with Crippen LogP contribution >= 0.6 is 0 Å². The summed E-state index contributed by atoms with van der Waals surface area (Å²) in [4.78, 5) is 27.7. The summed E-state index contributed by atoms with van der Waals surface area (Å²) in [5, 5.41) is 5.16. The molecule has 0 radical (unpaired) electrons. The second-order valence-corrected chi connectivity index (χ2v) is 4.68. The number of methoxy groups -OCH3 is 1. The Balaban J connectivity index is 1.84. The maximum Gasteiger partial charge on any atom is 0.251 e. The molecule has 0 atom stereocenters. The molecule has 1 aromatic carbocycles. The smallest absolute Gasteiger partial charge is 0.251 e. The number of carbonyl (C=O) groups is 2. The Morgan fingerprint density at radius 2 is 1.86 bits per heavy atom. The number of aryl methyl sites for hydroxylation is 1. The van der Waals surface area contributed by atoms with E-state index in [2.05, 4.69) is 15.6 Å². The van der Waals surface area contributed by atoms with Crippen molar-refractivity contribution in [3.8, 4) is 5.75 Å². The van der Waals surface area contributed by atoms with Crippen molar-refractivity contribution in [3.63, 3.8) is 0 Å². The van der Waals surface area contributed by atoms with E-state index in [0.717, 1.165) is 5.56 Å². The molecule has 0 aliphatic heterocycles. The topological polar surface area (TPSA) is 80.3 Å². The Kier molecular flexibility index (Phi) is 5.08. The van der Waals surface area contributed by atoms with Gasteiger partial charge in [-0.25, -0.2) is 4.98 Å². The fourth-order valence-electron chi connectivity index (χ4n) is 1.73. The third-order valence-electron chi connectivity index (χ3n) is 2.94.